The van der Waals surface area contributed by atoms with Crippen LogP contribution in [0.15, 0.2) is 24.4 Å². The molecule has 0 saturated carbocycles. The summed E-state index contributed by atoms with van der Waals surface area (Å²) < 4.78 is 33.8. The highest BCUT2D eigenvalue weighted by molar-refractivity contribution is 5.84. The lowest BCUT2D eigenvalue weighted by atomic mass is 10.0. The fourth-order valence-electron chi connectivity index (χ4n) is 2.92. The van der Waals surface area contributed by atoms with E-state index in [-0.39, 0.29) is 12.6 Å². The van der Waals surface area contributed by atoms with Crippen molar-refractivity contribution in [2.45, 2.75) is 25.5 Å². The first-order valence-corrected chi connectivity index (χ1v) is 7.45. The van der Waals surface area contributed by atoms with Gasteiger partial charge in [0.2, 0.25) is 0 Å². The number of H-pyrrole nitrogens is 1. The zero-order valence-corrected chi connectivity index (χ0v) is 12.5. The maximum atomic E-state index is 12.1. The van der Waals surface area contributed by atoms with Crippen LogP contribution in [0, 0.1) is 0 Å². The van der Waals surface area contributed by atoms with Crippen LogP contribution in [0.5, 0.6) is 5.75 Å². The van der Waals surface area contributed by atoms with Crippen molar-refractivity contribution in [2.75, 3.05) is 26.8 Å². The summed E-state index contributed by atoms with van der Waals surface area (Å²) in [5.74, 6) is 0.834. The number of hydrogen-bond acceptors (Lipinski definition) is 3. The highest BCUT2D eigenvalue weighted by Gasteiger charge is 2.28. The van der Waals surface area contributed by atoms with E-state index in [2.05, 4.69) is 14.6 Å². The molecule has 0 unspecified atom stereocenters. The van der Waals surface area contributed by atoms with Crippen molar-refractivity contribution in [1.29, 1.82) is 0 Å². The Bertz CT molecular complexity index is 630. The van der Waals surface area contributed by atoms with Gasteiger partial charge in [-0.3, -0.25) is 4.90 Å². The van der Waals surface area contributed by atoms with Gasteiger partial charge in [0, 0.05) is 36.2 Å². The van der Waals surface area contributed by atoms with E-state index in [4.69, 9.17) is 4.74 Å². The van der Waals surface area contributed by atoms with Crippen molar-refractivity contribution in [3.8, 4) is 5.75 Å². The van der Waals surface area contributed by atoms with Crippen molar-refractivity contribution in [2.24, 2.45) is 0 Å². The molecule has 1 aromatic carbocycles. The lowest BCUT2D eigenvalue weighted by Gasteiger charge is -2.40. The van der Waals surface area contributed by atoms with Crippen LogP contribution in [0.3, 0.4) is 0 Å². The van der Waals surface area contributed by atoms with Gasteiger partial charge < -0.3 is 14.5 Å². The largest absolute Gasteiger partial charge is 0.497 e. The van der Waals surface area contributed by atoms with Gasteiger partial charge in [0.05, 0.1) is 13.7 Å². The van der Waals surface area contributed by atoms with Crippen molar-refractivity contribution in [3.63, 3.8) is 0 Å². The van der Waals surface area contributed by atoms with Gasteiger partial charge in [0.15, 0.2) is 0 Å². The molecule has 1 N–H and O–H groups in total. The van der Waals surface area contributed by atoms with Crippen molar-refractivity contribution in [3.05, 3.63) is 30.0 Å². The van der Waals surface area contributed by atoms with E-state index in [1.165, 1.54) is 5.56 Å². The third kappa shape index (κ3) is 3.23. The van der Waals surface area contributed by atoms with Gasteiger partial charge in [0.25, 0.3) is 0 Å². The summed E-state index contributed by atoms with van der Waals surface area (Å²) in [6.45, 7) is -0.771. The minimum Gasteiger partial charge on any atom is -0.497 e. The van der Waals surface area contributed by atoms with E-state index in [9.17, 15) is 8.78 Å². The lowest BCUT2D eigenvalue weighted by molar-refractivity contribution is -0.150. The first-order chi connectivity index (χ1) is 10.7. The van der Waals surface area contributed by atoms with Crippen LogP contribution in [-0.2, 0) is 11.2 Å². The molecule has 1 fully saturated rings. The fourth-order valence-corrected chi connectivity index (χ4v) is 2.92. The predicted molar refractivity (Wildman–Crippen MR) is 80.5 cm³/mol. The van der Waals surface area contributed by atoms with Crippen LogP contribution in [0.1, 0.15) is 12.0 Å². The van der Waals surface area contributed by atoms with E-state index in [0.29, 0.717) is 0 Å². The normalized spacial score (nSPS) is 18.8. The molecule has 0 spiro atoms. The Morgan fingerprint density at radius 3 is 2.95 bits per heavy atom. The minimum atomic E-state index is -2.68. The van der Waals surface area contributed by atoms with Gasteiger partial charge in [-0.1, -0.05) is 0 Å². The SMILES string of the molecule is COc1ccc2[nH]cc(CCN3CC[C@@H]3COC(F)F)c2c1. The van der Waals surface area contributed by atoms with E-state index in [0.717, 1.165) is 42.6 Å². The molecule has 1 atom stereocenters. The molecule has 2 aromatic rings. The van der Waals surface area contributed by atoms with Crippen molar-refractivity contribution in [1.82, 2.24) is 9.88 Å². The van der Waals surface area contributed by atoms with E-state index in [1.54, 1.807) is 7.11 Å². The Labute approximate surface area is 128 Å². The molecule has 2 heterocycles. The fraction of sp³-hybridized carbons (Fsp3) is 0.500. The van der Waals surface area contributed by atoms with Crippen molar-refractivity contribution < 1.29 is 18.3 Å². The monoisotopic (exact) mass is 310 g/mol. The van der Waals surface area contributed by atoms with Crippen LogP contribution < -0.4 is 4.74 Å². The van der Waals surface area contributed by atoms with Gasteiger partial charge in [-0.15, -0.1) is 0 Å². The molecule has 1 aliphatic rings. The second kappa shape index (κ2) is 6.62. The number of hydrogen-bond donors (Lipinski definition) is 1. The lowest BCUT2D eigenvalue weighted by Crippen LogP contribution is -2.51. The third-order valence-electron chi connectivity index (χ3n) is 4.32. The summed E-state index contributed by atoms with van der Waals surface area (Å²) in [5.41, 5.74) is 2.30. The second-order valence-electron chi connectivity index (χ2n) is 5.55. The first-order valence-electron chi connectivity index (χ1n) is 7.45. The number of rotatable bonds is 7. The predicted octanol–water partition coefficient (Wildman–Crippen LogP) is 3.03. The van der Waals surface area contributed by atoms with E-state index >= 15 is 0 Å². The molecular formula is C16H20F2N2O2. The molecule has 1 aromatic heterocycles. The quantitative estimate of drug-likeness (QED) is 0.854. The van der Waals surface area contributed by atoms with Gasteiger partial charge >= 0.3 is 6.61 Å². The number of methoxy groups -OCH3 is 1. The summed E-state index contributed by atoms with van der Waals surface area (Å²) in [4.78, 5) is 5.45. The third-order valence-corrected chi connectivity index (χ3v) is 4.32. The molecule has 120 valence electrons. The second-order valence-corrected chi connectivity index (χ2v) is 5.55. The van der Waals surface area contributed by atoms with Gasteiger partial charge in [-0.25, -0.2) is 0 Å². The smallest absolute Gasteiger partial charge is 0.345 e. The minimum absolute atomic E-state index is 0.110. The number of nitrogens with one attached hydrogen (secondary N) is 1. The number of halogens is 2. The average Bonchev–Trinajstić information content (AvgIpc) is 2.88. The Kier molecular flexibility index (Phi) is 4.59. The molecule has 0 amide bonds. The number of fused-ring (bicyclic) bond motifs is 1. The highest BCUT2D eigenvalue weighted by Crippen LogP contribution is 2.25. The zero-order chi connectivity index (χ0) is 15.5. The summed E-state index contributed by atoms with van der Waals surface area (Å²) in [7, 11) is 1.65. The molecule has 3 rings (SSSR count). The molecule has 0 radical (unpaired) electrons. The zero-order valence-electron chi connectivity index (χ0n) is 12.5. The highest BCUT2D eigenvalue weighted by atomic mass is 19.3. The maximum absolute atomic E-state index is 12.1. The maximum Gasteiger partial charge on any atom is 0.345 e. The summed E-state index contributed by atoms with van der Waals surface area (Å²) in [6, 6.07) is 6.07. The summed E-state index contributed by atoms with van der Waals surface area (Å²) in [5, 5.41) is 1.15. The van der Waals surface area contributed by atoms with Crippen molar-refractivity contribution >= 4 is 10.9 Å². The van der Waals surface area contributed by atoms with Crippen LogP contribution in [-0.4, -0.2) is 49.3 Å². The van der Waals surface area contributed by atoms with Crippen LogP contribution in [0.4, 0.5) is 8.78 Å². The van der Waals surface area contributed by atoms with Crippen LogP contribution in [0.25, 0.3) is 10.9 Å². The average molecular weight is 310 g/mol. The Balaban J connectivity index is 1.59. The standard InChI is InChI=1S/C16H20F2N2O2/c1-21-13-2-3-15-14(8-13)11(9-19-15)4-6-20-7-5-12(20)10-22-16(17)18/h2-3,8-9,12,16,19H,4-7,10H2,1H3/t12-/m1/s1. The summed E-state index contributed by atoms with van der Waals surface area (Å²) in [6.07, 6.45) is 3.81. The topological polar surface area (TPSA) is 37.5 Å². The molecule has 0 aliphatic carbocycles. The number of benzene rings is 1. The molecule has 1 aliphatic heterocycles. The number of alkyl halides is 2. The summed E-state index contributed by atoms with van der Waals surface area (Å²) >= 11 is 0. The number of ether oxygens (including phenoxy) is 2. The molecular weight excluding hydrogens is 290 g/mol. The number of aromatic nitrogens is 1. The number of nitrogens with zero attached hydrogens (tertiary/aromatic N) is 1. The van der Waals surface area contributed by atoms with Crippen LogP contribution >= 0.6 is 0 Å². The van der Waals surface area contributed by atoms with Gasteiger partial charge in [-0.05, 0) is 36.6 Å². The Morgan fingerprint density at radius 1 is 1.41 bits per heavy atom. The molecule has 6 heteroatoms. The first kappa shape index (κ1) is 15.2. The molecule has 1 saturated heterocycles. The molecule has 4 nitrogen and oxygen atoms in total. The molecule has 0 bridgehead atoms. The van der Waals surface area contributed by atoms with E-state index < -0.39 is 6.61 Å². The van der Waals surface area contributed by atoms with Gasteiger partial charge in [0.1, 0.15) is 5.75 Å². The number of likely N-dealkylation sites (tertiary alicyclic amines) is 1. The van der Waals surface area contributed by atoms with E-state index in [1.807, 2.05) is 24.4 Å². The Morgan fingerprint density at radius 2 is 2.27 bits per heavy atom. The molecule has 22 heavy (non-hydrogen) atoms. The number of aromatic amines is 1. The van der Waals surface area contributed by atoms with Gasteiger partial charge in [-0.2, -0.15) is 8.78 Å². The Hall–Kier alpha value is -1.66. The van der Waals surface area contributed by atoms with Crippen LogP contribution in [0.2, 0.25) is 0 Å².